The first-order valence-corrected chi connectivity index (χ1v) is 13.4. The molecule has 37 heavy (non-hydrogen) atoms. The lowest BCUT2D eigenvalue weighted by Gasteiger charge is -2.35. The minimum atomic E-state index is -4.64. The molecular weight excluding hydrogens is 503 g/mol. The van der Waals surface area contributed by atoms with E-state index in [2.05, 4.69) is 4.98 Å². The number of fused-ring (bicyclic) bond motifs is 1. The number of rotatable bonds is 6. The summed E-state index contributed by atoms with van der Waals surface area (Å²) < 4.78 is 67.2. The minimum Gasteiger partial charge on any atom is -0.478 e. The van der Waals surface area contributed by atoms with Crippen LogP contribution in [0, 0.1) is 0 Å². The van der Waals surface area contributed by atoms with Gasteiger partial charge in [-0.25, -0.2) is 13.2 Å². The maximum absolute atomic E-state index is 13.9. The number of carboxylic acids is 1. The average molecular weight is 530 g/mol. The first-order valence-electron chi connectivity index (χ1n) is 11.8. The Bertz CT molecular complexity index is 1560. The highest BCUT2D eigenvalue weighted by molar-refractivity contribution is 7.92. The molecule has 1 atom stereocenters. The Balaban J connectivity index is 2.14. The van der Waals surface area contributed by atoms with Crippen LogP contribution < -0.4 is 0 Å². The Labute approximate surface area is 213 Å². The molecule has 1 heterocycles. The van der Waals surface area contributed by atoms with Gasteiger partial charge in [-0.15, -0.1) is 0 Å². The maximum Gasteiger partial charge on any atom is 0.418 e. The summed E-state index contributed by atoms with van der Waals surface area (Å²) in [6, 6.07) is 10.5. The largest absolute Gasteiger partial charge is 0.478 e. The third kappa shape index (κ3) is 4.45. The Hall–Kier alpha value is -3.46. The highest BCUT2D eigenvalue weighted by Gasteiger charge is 2.46. The Morgan fingerprint density at radius 1 is 1.14 bits per heavy atom. The second kappa shape index (κ2) is 9.45. The second-order valence-corrected chi connectivity index (χ2v) is 11.8. The highest BCUT2D eigenvalue weighted by Crippen LogP contribution is 2.48. The Morgan fingerprint density at radius 2 is 1.84 bits per heavy atom. The van der Waals surface area contributed by atoms with E-state index >= 15 is 0 Å². The molecule has 1 N–H and O–H groups in total. The molecule has 194 valence electrons. The number of carbonyl (C=O) groups is 1. The van der Waals surface area contributed by atoms with Crippen LogP contribution >= 0.6 is 0 Å². The standard InChI is InChI=1S/C28H26F3NO4S/c1-4-37(35,36)27(14-8-9-18(15-27)26(33)34)22-12-6-5-10-19(22)24-20-11-7-13-23(28(29,30)31)25(20)32-16-21(24)17(2)3/h5-14,16-17H,4,15H2,1-3H3,(H,33,34). The number of hydrogen-bond donors (Lipinski definition) is 1. The second-order valence-electron chi connectivity index (χ2n) is 9.31. The van der Waals surface area contributed by atoms with Gasteiger partial charge < -0.3 is 5.11 Å². The minimum absolute atomic E-state index is 0.0719. The Morgan fingerprint density at radius 3 is 2.46 bits per heavy atom. The zero-order valence-electron chi connectivity index (χ0n) is 20.5. The molecule has 0 fully saturated rings. The zero-order valence-corrected chi connectivity index (χ0v) is 21.3. The van der Waals surface area contributed by atoms with E-state index in [-0.39, 0.29) is 34.6 Å². The van der Waals surface area contributed by atoms with Crippen LogP contribution in [0.2, 0.25) is 0 Å². The van der Waals surface area contributed by atoms with E-state index in [0.29, 0.717) is 22.3 Å². The zero-order chi connectivity index (χ0) is 27.2. The first kappa shape index (κ1) is 26.6. The van der Waals surface area contributed by atoms with Crippen LogP contribution in [-0.2, 0) is 25.6 Å². The summed E-state index contributed by atoms with van der Waals surface area (Å²) in [5, 5.41) is 9.94. The van der Waals surface area contributed by atoms with Crippen molar-refractivity contribution in [1.82, 2.24) is 4.98 Å². The van der Waals surface area contributed by atoms with Gasteiger partial charge in [0.2, 0.25) is 0 Å². The van der Waals surface area contributed by atoms with E-state index in [1.165, 1.54) is 37.4 Å². The first-order chi connectivity index (χ1) is 17.3. The van der Waals surface area contributed by atoms with Crippen LogP contribution in [0.1, 0.15) is 49.8 Å². The van der Waals surface area contributed by atoms with Crippen LogP contribution in [0.5, 0.6) is 0 Å². The van der Waals surface area contributed by atoms with Gasteiger partial charge in [-0.1, -0.05) is 75.4 Å². The van der Waals surface area contributed by atoms with Gasteiger partial charge in [0.25, 0.3) is 0 Å². The van der Waals surface area contributed by atoms with Crippen LogP contribution in [0.25, 0.3) is 22.0 Å². The van der Waals surface area contributed by atoms with Crippen LogP contribution in [-0.4, -0.2) is 30.2 Å². The quantitative estimate of drug-likeness (QED) is 0.387. The summed E-state index contributed by atoms with van der Waals surface area (Å²) in [5.74, 6) is -1.64. The van der Waals surface area contributed by atoms with E-state index in [1.807, 2.05) is 13.8 Å². The molecule has 1 unspecified atom stereocenters. The van der Waals surface area contributed by atoms with Gasteiger partial charge in [-0.05, 0) is 34.2 Å². The van der Waals surface area contributed by atoms with Gasteiger partial charge in [0.15, 0.2) is 9.84 Å². The smallest absolute Gasteiger partial charge is 0.418 e. The predicted octanol–water partition coefficient (Wildman–Crippen LogP) is 6.64. The van der Waals surface area contributed by atoms with Crippen molar-refractivity contribution < 1.29 is 31.5 Å². The average Bonchev–Trinajstić information content (AvgIpc) is 2.86. The van der Waals surface area contributed by atoms with Gasteiger partial charge in [0, 0.05) is 29.3 Å². The molecular formula is C28H26F3NO4S. The molecule has 5 nitrogen and oxygen atoms in total. The lowest BCUT2D eigenvalue weighted by Crippen LogP contribution is -2.38. The molecule has 3 aromatic rings. The molecule has 0 amide bonds. The van der Waals surface area contributed by atoms with E-state index in [4.69, 9.17) is 0 Å². The van der Waals surface area contributed by atoms with Gasteiger partial charge in [-0.3, -0.25) is 4.98 Å². The summed E-state index contributed by atoms with van der Waals surface area (Å²) in [7, 11) is -3.94. The summed E-state index contributed by atoms with van der Waals surface area (Å²) in [6.45, 7) is 5.25. The molecule has 9 heteroatoms. The van der Waals surface area contributed by atoms with Crippen molar-refractivity contribution >= 4 is 26.7 Å². The van der Waals surface area contributed by atoms with Crippen molar-refractivity contribution in [2.24, 2.45) is 0 Å². The van der Waals surface area contributed by atoms with E-state index in [0.717, 1.165) is 6.07 Å². The van der Waals surface area contributed by atoms with Gasteiger partial charge in [0.1, 0.15) is 4.75 Å². The molecule has 0 bridgehead atoms. The fraction of sp³-hybridized carbons (Fsp3) is 0.286. The number of alkyl halides is 3. The molecule has 0 saturated heterocycles. The number of aliphatic carboxylic acids is 1. The summed E-state index contributed by atoms with van der Waals surface area (Å²) in [4.78, 5) is 16.1. The number of para-hydroxylation sites is 1. The Kier molecular flexibility index (Phi) is 6.79. The van der Waals surface area contributed by atoms with Crippen molar-refractivity contribution in [2.75, 3.05) is 5.75 Å². The van der Waals surface area contributed by atoms with Gasteiger partial charge in [-0.2, -0.15) is 13.2 Å². The van der Waals surface area contributed by atoms with Gasteiger partial charge >= 0.3 is 12.1 Å². The number of allylic oxidation sites excluding steroid dienone is 2. The molecule has 0 spiro atoms. The number of sulfone groups is 1. The summed E-state index contributed by atoms with van der Waals surface area (Å²) in [5.41, 5.74) is 0.644. The predicted molar refractivity (Wildman–Crippen MR) is 137 cm³/mol. The molecule has 4 rings (SSSR count). The topological polar surface area (TPSA) is 84.3 Å². The van der Waals surface area contributed by atoms with Crippen molar-refractivity contribution in [3.05, 3.63) is 89.2 Å². The molecule has 0 aliphatic heterocycles. The molecule has 2 aromatic carbocycles. The molecule has 1 aliphatic carbocycles. The van der Waals surface area contributed by atoms with Crippen molar-refractivity contribution in [1.29, 1.82) is 0 Å². The summed E-state index contributed by atoms with van der Waals surface area (Å²) in [6.07, 6.45) is 0.742. The van der Waals surface area contributed by atoms with Crippen LogP contribution in [0.15, 0.2) is 72.5 Å². The number of aromatic nitrogens is 1. The SMILES string of the molecule is CCS(=O)(=O)C1(c2ccccc2-c2c(C(C)C)cnc3c(C(F)(F)F)cccc23)C=CC=C(C(=O)O)C1. The molecule has 0 saturated carbocycles. The lowest BCUT2D eigenvalue weighted by atomic mass is 9.80. The number of benzene rings is 2. The van der Waals surface area contributed by atoms with Crippen LogP contribution in [0.3, 0.4) is 0 Å². The lowest BCUT2D eigenvalue weighted by molar-refractivity contribution is -0.136. The number of pyridine rings is 1. The third-order valence-electron chi connectivity index (χ3n) is 6.83. The van der Waals surface area contributed by atoms with Crippen molar-refractivity contribution in [3.63, 3.8) is 0 Å². The highest BCUT2D eigenvalue weighted by atomic mass is 32.2. The third-order valence-corrected chi connectivity index (χ3v) is 9.20. The van der Waals surface area contributed by atoms with E-state index in [1.54, 1.807) is 30.3 Å². The van der Waals surface area contributed by atoms with Gasteiger partial charge in [0.05, 0.1) is 11.1 Å². The van der Waals surface area contributed by atoms with Crippen molar-refractivity contribution in [3.8, 4) is 11.1 Å². The summed E-state index contributed by atoms with van der Waals surface area (Å²) >= 11 is 0. The molecule has 0 radical (unpaired) electrons. The number of nitrogens with zero attached hydrogens (tertiary/aromatic N) is 1. The monoisotopic (exact) mass is 529 g/mol. The fourth-order valence-electron chi connectivity index (χ4n) is 4.97. The number of hydrogen-bond acceptors (Lipinski definition) is 4. The van der Waals surface area contributed by atoms with E-state index < -0.39 is 32.3 Å². The van der Waals surface area contributed by atoms with Crippen LogP contribution in [0.4, 0.5) is 13.2 Å². The normalized spacial score (nSPS) is 18.3. The number of halogens is 3. The molecule has 1 aromatic heterocycles. The maximum atomic E-state index is 13.9. The number of carboxylic acid groups (broad SMARTS) is 1. The molecule has 1 aliphatic rings. The fourth-order valence-corrected chi connectivity index (χ4v) is 6.66. The van der Waals surface area contributed by atoms with Crippen molar-refractivity contribution in [2.45, 2.75) is 44.0 Å². The van der Waals surface area contributed by atoms with E-state index in [9.17, 15) is 31.5 Å².